The number of hydrogen-bond donors (Lipinski definition) is 1. The third-order valence-electron chi connectivity index (χ3n) is 9.39. The van der Waals surface area contributed by atoms with E-state index in [2.05, 4.69) is 6.58 Å². The number of hydrogen-bond acceptors (Lipinski definition) is 6. The molecule has 1 N–H and O–H groups in total. The smallest absolute Gasteiger partial charge is 0.356 e. The molecule has 2 saturated heterocycles. The van der Waals surface area contributed by atoms with Gasteiger partial charge in [0.05, 0.1) is 18.1 Å². The molecule has 2 heterocycles. The maximum Gasteiger partial charge on any atom is 0.356 e. The summed E-state index contributed by atoms with van der Waals surface area (Å²) in [6, 6.07) is 34.7. The summed E-state index contributed by atoms with van der Waals surface area (Å²) >= 11 is 0. The molecule has 0 radical (unpaired) electrons. The predicted octanol–water partition coefficient (Wildman–Crippen LogP) is 4.19. The van der Waals surface area contributed by atoms with Crippen LogP contribution in [0.2, 0.25) is 0 Å². The largest absolute Gasteiger partial charge is 0.457 e. The van der Waals surface area contributed by atoms with Crippen LogP contribution in [0.5, 0.6) is 0 Å². The molecule has 3 atom stereocenters. The van der Waals surface area contributed by atoms with E-state index in [0.29, 0.717) is 24.3 Å². The van der Waals surface area contributed by atoms with E-state index < -0.39 is 36.8 Å². The fourth-order valence-corrected chi connectivity index (χ4v) is 11.4. The number of likely N-dealkylation sites (N-methyl/N-ethyl adjacent to an activating group) is 1. The first-order chi connectivity index (χ1) is 24.2. The number of ether oxygens (including phenoxy) is 1. The molecule has 0 saturated carbocycles. The first kappa shape index (κ1) is 34.6. The van der Waals surface area contributed by atoms with Crippen LogP contribution in [0.25, 0.3) is 0 Å². The van der Waals surface area contributed by atoms with Gasteiger partial charge < -0.3 is 19.6 Å². The van der Waals surface area contributed by atoms with E-state index in [1.807, 2.05) is 91.0 Å². The van der Waals surface area contributed by atoms with E-state index in [-0.39, 0.29) is 30.3 Å². The maximum absolute atomic E-state index is 14.6. The number of benzene rings is 4. The Morgan fingerprint density at radius 1 is 0.860 bits per heavy atom. The number of aliphatic hydroxyl groups excluding tert-OH is 1. The summed E-state index contributed by atoms with van der Waals surface area (Å²) in [7, 11) is 1.74. The second-order valence-corrected chi connectivity index (χ2v) is 15.8. The van der Waals surface area contributed by atoms with E-state index >= 15 is 0 Å². The Balaban J connectivity index is 1.53. The lowest BCUT2D eigenvalue weighted by atomic mass is 9.79. The number of nitrogens with zero attached hydrogens (tertiary/aromatic N) is 3. The van der Waals surface area contributed by atoms with E-state index in [1.165, 1.54) is 17.9 Å². The van der Waals surface area contributed by atoms with Crippen LogP contribution in [-0.4, -0.2) is 82.9 Å². The minimum absolute atomic E-state index is 0.0895. The Hall–Kier alpha value is -5.24. The number of β-lactam (4-membered cyclic amide) rings is 1. The highest BCUT2D eigenvalue weighted by Crippen LogP contribution is 2.50. The molecule has 2 aliphatic rings. The summed E-state index contributed by atoms with van der Waals surface area (Å²) < 4.78 is 5.80. The minimum atomic E-state index is -3.18. The molecule has 0 aliphatic carbocycles. The van der Waals surface area contributed by atoms with Gasteiger partial charge in [-0.3, -0.25) is 14.5 Å². The minimum Gasteiger partial charge on any atom is -0.457 e. The Bertz CT molecular complexity index is 1840. The van der Waals surface area contributed by atoms with Crippen molar-refractivity contribution in [3.8, 4) is 0 Å². The number of amides is 3. The zero-order chi connectivity index (χ0) is 35.4. The van der Waals surface area contributed by atoms with Gasteiger partial charge in [-0.1, -0.05) is 104 Å². The number of carbonyl (C=O) groups excluding carboxylic acids is 4. The van der Waals surface area contributed by atoms with Crippen LogP contribution in [0, 0.1) is 5.92 Å². The molecule has 4 aromatic rings. The Kier molecular flexibility index (Phi) is 10.2. The number of carbonyl (C=O) groups is 4. The zero-order valence-corrected chi connectivity index (χ0v) is 29.0. The molecule has 256 valence electrons. The van der Waals surface area contributed by atoms with Gasteiger partial charge in [0.2, 0.25) is 5.91 Å². The third-order valence-corrected chi connectivity index (χ3v) is 13.6. The van der Waals surface area contributed by atoms with Crippen molar-refractivity contribution >= 4 is 57.6 Å². The lowest BCUT2D eigenvalue weighted by Crippen LogP contribution is -2.68. The summed E-state index contributed by atoms with van der Waals surface area (Å²) in [6.45, 7) is 3.14. The van der Waals surface area contributed by atoms with Crippen molar-refractivity contribution in [2.75, 3.05) is 31.6 Å². The van der Waals surface area contributed by atoms with Gasteiger partial charge in [-0.15, -0.1) is 0 Å². The van der Waals surface area contributed by atoms with Gasteiger partial charge in [0.1, 0.15) is 12.0 Å². The zero-order valence-electron chi connectivity index (χ0n) is 28.1. The summed E-state index contributed by atoms with van der Waals surface area (Å²) in [5.74, 6) is -2.35. The third kappa shape index (κ3) is 6.19. The fourth-order valence-electron chi connectivity index (χ4n) is 6.96. The first-order valence-electron chi connectivity index (χ1n) is 16.6. The van der Waals surface area contributed by atoms with Crippen LogP contribution >= 0.6 is 6.89 Å². The van der Waals surface area contributed by atoms with Gasteiger partial charge in [0, 0.05) is 44.7 Å². The predicted molar refractivity (Wildman–Crippen MR) is 198 cm³/mol. The van der Waals surface area contributed by atoms with Crippen LogP contribution in [0.3, 0.4) is 0 Å². The van der Waals surface area contributed by atoms with Gasteiger partial charge in [-0.25, -0.2) is 9.59 Å². The number of esters is 1. The van der Waals surface area contributed by atoms with E-state index in [9.17, 15) is 24.3 Å². The number of aliphatic hydroxyl groups is 1. The second-order valence-electron chi connectivity index (χ2n) is 12.5. The molecular weight excluding hydrogens is 649 g/mol. The number of likely N-dealkylation sites (tertiary alicyclic amines) is 1. The van der Waals surface area contributed by atoms with Gasteiger partial charge in [0.25, 0.3) is 0 Å². The summed E-state index contributed by atoms with van der Waals surface area (Å²) in [6.07, 6.45) is 0.237. The number of Topliss-reactive ketones (excluding diaryl/α,β-unsaturated/α-hetero) is 1. The highest BCUT2D eigenvalue weighted by atomic mass is 31.2. The topological polar surface area (TPSA) is 107 Å². The maximum atomic E-state index is 14.6. The van der Waals surface area contributed by atoms with Crippen molar-refractivity contribution in [3.63, 3.8) is 0 Å². The van der Waals surface area contributed by atoms with Crippen LogP contribution in [0.4, 0.5) is 10.5 Å². The Morgan fingerprint density at radius 3 is 1.82 bits per heavy atom. The van der Waals surface area contributed by atoms with Gasteiger partial charge >= 0.3 is 12.0 Å². The first-order valence-corrected chi connectivity index (χ1v) is 18.4. The fraction of sp³-hybridized carbons (Fsp3) is 0.225. The van der Waals surface area contributed by atoms with Crippen molar-refractivity contribution in [2.45, 2.75) is 25.5 Å². The normalized spacial score (nSPS) is 18.0. The lowest BCUT2D eigenvalue weighted by Gasteiger charge is -2.50. The highest BCUT2D eigenvalue weighted by molar-refractivity contribution is 7.96. The molecule has 0 unspecified atom stereocenters. The van der Waals surface area contributed by atoms with Crippen molar-refractivity contribution < 1.29 is 29.0 Å². The highest BCUT2D eigenvalue weighted by Gasteiger charge is 2.55. The molecule has 9 nitrogen and oxygen atoms in total. The van der Waals surface area contributed by atoms with Crippen molar-refractivity contribution in [2.24, 2.45) is 5.92 Å². The average molecular weight is 690 g/mol. The molecule has 0 bridgehead atoms. The van der Waals surface area contributed by atoms with E-state index in [4.69, 9.17) is 4.74 Å². The van der Waals surface area contributed by atoms with E-state index in [1.54, 1.807) is 41.1 Å². The van der Waals surface area contributed by atoms with Crippen molar-refractivity contribution in [1.82, 2.24) is 9.80 Å². The molecule has 0 spiro atoms. The molecule has 0 aromatic heterocycles. The molecular formula is C40H40N3O6P. The number of urea groups is 1. The summed E-state index contributed by atoms with van der Waals surface area (Å²) in [4.78, 5) is 60.2. The standard InChI is InChI=1S/C40H40N3O6P/c1-4-26-49-39(47)38(50(31-14-8-5-9-15-31,32-16-10-6-11-17-32)33-18-12-7-13-19-33)43-34(36(28(2)44)37(43)46)27-35(45)29-20-22-30(23-21-29)42-25-24-41(3)40(42)48/h4-23,28,34,36,44H,1,24-27H2,2-3H3/t28-,34-,36-/m1/s1. The van der Waals surface area contributed by atoms with Crippen LogP contribution < -0.4 is 20.8 Å². The van der Waals surface area contributed by atoms with Crippen LogP contribution in [0.15, 0.2) is 128 Å². The molecule has 2 aliphatic heterocycles. The average Bonchev–Trinajstić information content (AvgIpc) is 3.48. The SMILES string of the molecule is C=CCOC(=O)C(N1C(=O)[C@H]([C@@H](C)O)[C@H]1CC(=O)c1ccc(N2CCN(C)C2=O)cc1)=P(c1ccccc1)(c1ccccc1)c1ccccc1. The summed E-state index contributed by atoms with van der Waals surface area (Å²) in [5, 5.41) is 13.4. The number of anilines is 1. The second kappa shape index (κ2) is 14.7. The Morgan fingerprint density at radius 2 is 1.38 bits per heavy atom. The molecule has 3 amide bonds. The van der Waals surface area contributed by atoms with Gasteiger partial charge in [-0.05, 0) is 47.1 Å². The molecule has 4 aromatic carbocycles. The molecule has 50 heavy (non-hydrogen) atoms. The number of ketones is 1. The quantitative estimate of drug-likeness (QED) is 0.0787. The van der Waals surface area contributed by atoms with Crippen LogP contribution in [0.1, 0.15) is 23.7 Å². The van der Waals surface area contributed by atoms with Gasteiger partial charge in [0.15, 0.2) is 5.78 Å². The lowest BCUT2D eigenvalue weighted by molar-refractivity contribution is -0.157. The molecule has 6 rings (SSSR count). The molecule has 2 fully saturated rings. The Labute approximate surface area is 292 Å². The van der Waals surface area contributed by atoms with E-state index in [0.717, 1.165) is 15.9 Å². The van der Waals surface area contributed by atoms with Crippen molar-refractivity contribution in [1.29, 1.82) is 0 Å². The molecule has 10 heteroatoms. The van der Waals surface area contributed by atoms with Gasteiger partial charge in [-0.2, -0.15) is 0 Å². The van der Waals surface area contributed by atoms with Crippen LogP contribution in [-0.2, 0) is 14.3 Å². The number of rotatable bonds is 12. The van der Waals surface area contributed by atoms with Crippen molar-refractivity contribution in [3.05, 3.63) is 133 Å². The monoisotopic (exact) mass is 689 g/mol. The summed E-state index contributed by atoms with van der Waals surface area (Å²) in [5.41, 5.74) is 1.21.